The van der Waals surface area contributed by atoms with E-state index in [0.717, 1.165) is 24.3 Å². The number of rotatable bonds is 5. The van der Waals surface area contributed by atoms with Crippen molar-refractivity contribution in [1.29, 1.82) is 0 Å². The fourth-order valence-corrected chi connectivity index (χ4v) is 4.18. The Hall–Kier alpha value is -3.11. The molecule has 11 heteroatoms. The molecule has 2 amide bonds. The van der Waals surface area contributed by atoms with Crippen molar-refractivity contribution in [3.05, 3.63) is 35.4 Å². The maximum atomic E-state index is 12.7. The minimum absolute atomic E-state index is 0.149. The average molecular weight is 484 g/mol. The summed E-state index contributed by atoms with van der Waals surface area (Å²) in [6.07, 6.45) is -2.80. The fourth-order valence-electron chi connectivity index (χ4n) is 4.18. The van der Waals surface area contributed by atoms with Crippen LogP contribution in [0.15, 0.2) is 24.3 Å². The number of halogens is 3. The third kappa shape index (κ3) is 6.27. The third-order valence-electron chi connectivity index (χ3n) is 6.29. The molecular formula is C23H27F3N2O6. The molecule has 2 saturated heterocycles. The molecule has 3 rings (SSSR count). The summed E-state index contributed by atoms with van der Waals surface area (Å²) < 4.78 is 48.0. The van der Waals surface area contributed by atoms with Crippen LogP contribution in [0.25, 0.3) is 0 Å². The second-order valence-corrected chi connectivity index (χ2v) is 8.43. The molecule has 0 bridgehead atoms. The Bertz CT molecular complexity index is 902. The van der Waals surface area contributed by atoms with E-state index >= 15 is 0 Å². The van der Waals surface area contributed by atoms with E-state index in [1.807, 2.05) is 0 Å². The second kappa shape index (κ2) is 10.9. The van der Waals surface area contributed by atoms with Gasteiger partial charge in [-0.1, -0.05) is 0 Å². The minimum Gasteiger partial charge on any atom is -0.469 e. The number of carbonyl (C=O) groups is 4. The first-order valence-corrected chi connectivity index (χ1v) is 11.1. The van der Waals surface area contributed by atoms with Gasteiger partial charge in [0.05, 0.1) is 24.5 Å². The van der Waals surface area contributed by atoms with E-state index < -0.39 is 29.5 Å². The van der Waals surface area contributed by atoms with Gasteiger partial charge in [0.2, 0.25) is 0 Å². The van der Waals surface area contributed by atoms with E-state index in [1.54, 1.807) is 4.90 Å². The smallest absolute Gasteiger partial charge is 0.416 e. The number of hydrogen-bond donors (Lipinski definition) is 0. The highest BCUT2D eigenvalue weighted by Crippen LogP contribution is 2.29. The van der Waals surface area contributed by atoms with E-state index in [4.69, 9.17) is 9.47 Å². The summed E-state index contributed by atoms with van der Waals surface area (Å²) in [5.74, 6) is -2.22. The third-order valence-corrected chi connectivity index (χ3v) is 6.29. The van der Waals surface area contributed by atoms with Crippen LogP contribution in [0.5, 0.6) is 0 Å². The van der Waals surface area contributed by atoms with Gasteiger partial charge < -0.3 is 19.3 Å². The van der Waals surface area contributed by atoms with Gasteiger partial charge in [-0.15, -0.1) is 0 Å². The maximum Gasteiger partial charge on any atom is 0.416 e. The predicted molar refractivity (Wildman–Crippen MR) is 112 cm³/mol. The van der Waals surface area contributed by atoms with Gasteiger partial charge in [0, 0.05) is 31.7 Å². The lowest BCUT2D eigenvalue weighted by Crippen LogP contribution is -2.43. The molecule has 0 N–H and O–H groups in total. The van der Waals surface area contributed by atoms with E-state index in [1.165, 1.54) is 12.0 Å². The van der Waals surface area contributed by atoms with Crippen LogP contribution in [-0.2, 0) is 30.0 Å². The van der Waals surface area contributed by atoms with Crippen molar-refractivity contribution >= 4 is 23.8 Å². The number of amides is 2. The van der Waals surface area contributed by atoms with Gasteiger partial charge in [-0.3, -0.25) is 19.2 Å². The van der Waals surface area contributed by atoms with Gasteiger partial charge in [-0.05, 0) is 49.9 Å². The Balaban J connectivity index is 1.41. The second-order valence-electron chi connectivity index (χ2n) is 8.43. The molecule has 2 aliphatic heterocycles. The van der Waals surface area contributed by atoms with Crippen molar-refractivity contribution in [2.45, 2.75) is 31.9 Å². The summed E-state index contributed by atoms with van der Waals surface area (Å²) in [5.41, 5.74) is -0.677. The molecule has 0 atom stereocenters. The zero-order chi connectivity index (χ0) is 24.9. The summed E-state index contributed by atoms with van der Waals surface area (Å²) in [6.45, 7) is 0.914. The fraction of sp³-hybridized carbons (Fsp3) is 0.565. The predicted octanol–water partition coefficient (Wildman–Crippen LogP) is 2.51. The highest BCUT2D eigenvalue weighted by atomic mass is 19.4. The van der Waals surface area contributed by atoms with E-state index in [9.17, 15) is 32.3 Å². The molecule has 8 nitrogen and oxygen atoms in total. The quantitative estimate of drug-likeness (QED) is 0.597. The number of nitrogens with zero attached hydrogens (tertiary/aromatic N) is 2. The normalized spacial score (nSPS) is 17.9. The molecule has 0 aromatic heterocycles. The van der Waals surface area contributed by atoms with Crippen molar-refractivity contribution < 1.29 is 41.8 Å². The average Bonchev–Trinajstić information content (AvgIpc) is 2.85. The van der Waals surface area contributed by atoms with Gasteiger partial charge in [0.1, 0.15) is 0 Å². The standard InChI is InChI=1S/C23H27F3N2O6/c1-33-21(31)16-6-10-27(11-7-16)19(29)14-34-22(32)17-8-12-28(13-9-17)20(30)15-2-4-18(5-3-15)23(24,25)26/h2-5,16-17H,6-14H2,1H3. The van der Waals surface area contributed by atoms with Crippen molar-refractivity contribution in [2.75, 3.05) is 39.9 Å². The Morgan fingerprint density at radius 1 is 0.853 bits per heavy atom. The van der Waals surface area contributed by atoms with Crippen LogP contribution in [0, 0.1) is 11.8 Å². The molecule has 34 heavy (non-hydrogen) atoms. The molecule has 0 unspecified atom stereocenters. The Labute approximate surface area is 195 Å². The SMILES string of the molecule is COC(=O)C1CCN(C(=O)COC(=O)C2CCN(C(=O)c3ccc(C(F)(F)F)cc3)CC2)CC1. The Kier molecular flexibility index (Phi) is 8.16. The number of likely N-dealkylation sites (tertiary alicyclic amines) is 2. The van der Waals surface area contributed by atoms with E-state index in [0.29, 0.717) is 38.8 Å². The molecule has 0 radical (unpaired) electrons. The highest BCUT2D eigenvalue weighted by molar-refractivity contribution is 5.94. The maximum absolute atomic E-state index is 12.7. The number of esters is 2. The van der Waals surface area contributed by atoms with Crippen LogP contribution in [0.1, 0.15) is 41.6 Å². The number of carbonyl (C=O) groups excluding carboxylic acids is 4. The van der Waals surface area contributed by atoms with E-state index in [2.05, 4.69) is 0 Å². The van der Waals surface area contributed by atoms with Gasteiger partial charge in [0.15, 0.2) is 6.61 Å². The van der Waals surface area contributed by atoms with Crippen molar-refractivity contribution in [2.24, 2.45) is 11.8 Å². The lowest BCUT2D eigenvalue weighted by Gasteiger charge is -2.32. The molecule has 0 spiro atoms. The number of hydrogen-bond acceptors (Lipinski definition) is 6. The Morgan fingerprint density at radius 3 is 1.85 bits per heavy atom. The first kappa shape index (κ1) is 25.5. The lowest BCUT2D eigenvalue weighted by molar-refractivity contribution is -0.157. The van der Waals surface area contributed by atoms with Gasteiger partial charge in [-0.25, -0.2) is 0 Å². The summed E-state index contributed by atoms with van der Waals surface area (Å²) >= 11 is 0. The van der Waals surface area contributed by atoms with E-state index in [-0.39, 0.29) is 43.1 Å². The largest absolute Gasteiger partial charge is 0.469 e. The molecule has 1 aromatic carbocycles. The van der Waals surface area contributed by atoms with Gasteiger partial charge in [0.25, 0.3) is 11.8 Å². The number of benzene rings is 1. The van der Waals surface area contributed by atoms with Crippen LogP contribution >= 0.6 is 0 Å². The van der Waals surface area contributed by atoms with Crippen LogP contribution in [0.4, 0.5) is 13.2 Å². The molecule has 0 aliphatic carbocycles. The molecular weight excluding hydrogens is 457 g/mol. The number of ether oxygens (including phenoxy) is 2. The Morgan fingerprint density at radius 2 is 1.35 bits per heavy atom. The number of alkyl halides is 3. The molecule has 2 fully saturated rings. The molecule has 2 aliphatic rings. The minimum atomic E-state index is -4.47. The number of piperidine rings is 2. The van der Waals surface area contributed by atoms with Gasteiger partial charge >= 0.3 is 18.1 Å². The summed E-state index contributed by atoms with van der Waals surface area (Å²) in [7, 11) is 1.33. The summed E-state index contributed by atoms with van der Waals surface area (Å²) in [6, 6.07) is 4.02. The van der Waals surface area contributed by atoms with Crippen LogP contribution in [0.2, 0.25) is 0 Å². The van der Waals surface area contributed by atoms with Crippen LogP contribution in [0.3, 0.4) is 0 Å². The first-order chi connectivity index (χ1) is 16.1. The van der Waals surface area contributed by atoms with Gasteiger partial charge in [-0.2, -0.15) is 13.2 Å². The van der Waals surface area contributed by atoms with Crippen molar-refractivity contribution in [1.82, 2.24) is 9.80 Å². The molecule has 186 valence electrons. The highest BCUT2D eigenvalue weighted by Gasteiger charge is 2.33. The topological polar surface area (TPSA) is 93.2 Å². The van der Waals surface area contributed by atoms with Crippen molar-refractivity contribution in [3.8, 4) is 0 Å². The zero-order valence-corrected chi connectivity index (χ0v) is 18.8. The van der Waals surface area contributed by atoms with Crippen LogP contribution < -0.4 is 0 Å². The summed E-state index contributed by atoms with van der Waals surface area (Å²) in [5, 5.41) is 0. The first-order valence-electron chi connectivity index (χ1n) is 11.1. The van der Waals surface area contributed by atoms with Crippen molar-refractivity contribution in [3.63, 3.8) is 0 Å². The number of methoxy groups -OCH3 is 1. The molecule has 2 heterocycles. The molecule has 1 aromatic rings. The zero-order valence-electron chi connectivity index (χ0n) is 18.8. The monoisotopic (exact) mass is 484 g/mol. The molecule has 0 saturated carbocycles. The summed E-state index contributed by atoms with van der Waals surface area (Å²) in [4.78, 5) is 51.9. The lowest BCUT2D eigenvalue weighted by atomic mass is 9.96. The van der Waals surface area contributed by atoms with Crippen LogP contribution in [-0.4, -0.2) is 73.4 Å².